The first kappa shape index (κ1) is 14.3. The van der Waals surface area contributed by atoms with E-state index in [2.05, 4.69) is 0 Å². The van der Waals surface area contributed by atoms with Crippen LogP contribution in [0.5, 0.6) is 5.75 Å². The molecule has 1 saturated heterocycles. The second kappa shape index (κ2) is 5.63. The average Bonchev–Trinajstić information content (AvgIpc) is 2.41. The van der Waals surface area contributed by atoms with Crippen LogP contribution in [0.1, 0.15) is 16.1 Å². The van der Waals surface area contributed by atoms with Gasteiger partial charge in [0.15, 0.2) is 0 Å². The lowest BCUT2D eigenvalue weighted by molar-refractivity contribution is 0.0171. The lowest BCUT2D eigenvalue weighted by Crippen LogP contribution is -2.56. The van der Waals surface area contributed by atoms with Gasteiger partial charge in [-0.05, 0) is 19.1 Å². The van der Waals surface area contributed by atoms with E-state index in [0.717, 1.165) is 0 Å². The van der Waals surface area contributed by atoms with Crippen LogP contribution in [0, 0.1) is 12.7 Å². The molecule has 1 aliphatic heterocycles. The lowest BCUT2D eigenvalue weighted by Gasteiger charge is -2.39. The largest absolute Gasteiger partial charge is 0.486 e. The Hall–Kier alpha value is -2.63. The number of ether oxygens (including phenoxy) is 1. The van der Waals surface area contributed by atoms with Gasteiger partial charge in [0.2, 0.25) is 0 Å². The number of benzene rings is 1. The van der Waals surface area contributed by atoms with E-state index < -0.39 is 11.4 Å². The average molecular weight is 303 g/mol. The summed E-state index contributed by atoms with van der Waals surface area (Å²) >= 11 is 0. The van der Waals surface area contributed by atoms with E-state index >= 15 is 0 Å². The number of carbonyl (C=O) groups excluding carboxylic acids is 1. The molecule has 0 aliphatic carbocycles. The molecule has 0 N–H and O–H groups in total. The molecule has 22 heavy (non-hydrogen) atoms. The van der Waals surface area contributed by atoms with Gasteiger partial charge >= 0.3 is 5.63 Å². The fourth-order valence-electron chi connectivity index (χ4n) is 2.32. The summed E-state index contributed by atoms with van der Waals surface area (Å²) in [7, 11) is 0. The van der Waals surface area contributed by atoms with Crippen LogP contribution in [0.15, 0.2) is 45.6 Å². The molecule has 0 saturated carbocycles. The standard InChI is InChI=1S/C16H14FNO4/c1-10-6-11(7-15(19)21-10)22-12-8-18(9-12)16(20)13-4-2-3-5-14(13)17/h2-7,12H,8-9H2,1H3. The molecule has 0 radical (unpaired) electrons. The van der Waals surface area contributed by atoms with Gasteiger partial charge in [0.25, 0.3) is 5.91 Å². The summed E-state index contributed by atoms with van der Waals surface area (Å²) in [5, 5.41) is 0. The molecule has 1 aromatic carbocycles. The van der Waals surface area contributed by atoms with E-state index in [0.29, 0.717) is 24.6 Å². The van der Waals surface area contributed by atoms with Crippen LogP contribution in [0.2, 0.25) is 0 Å². The minimum Gasteiger partial charge on any atom is -0.486 e. The monoisotopic (exact) mass is 303 g/mol. The highest BCUT2D eigenvalue weighted by Gasteiger charge is 2.33. The van der Waals surface area contributed by atoms with Crippen LogP contribution in [0.4, 0.5) is 4.39 Å². The molecule has 0 unspecified atom stereocenters. The minimum absolute atomic E-state index is 0.0529. The van der Waals surface area contributed by atoms with Crippen LogP contribution in [0.25, 0.3) is 0 Å². The van der Waals surface area contributed by atoms with E-state index in [4.69, 9.17) is 9.15 Å². The maximum Gasteiger partial charge on any atom is 0.339 e. The van der Waals surface area contributed by atoms with Crippen molar-refractivity contribution >= 4 is 5.91 Å². The maximum atomic E-state index is 13.6. The maximum absolute atomic E-state index is 13.6. The van der Waals surface area contributed by atoms with Crippen molar-refractivity contribution in [3.05, 3.63) is 64.0 Å². The molecule has 0 bridgehead atoms. The van der Waals surface area contributed by atoms with Crippen LogP contribution in [0.3, 0.4) is 0 Å². The zero-order valence-electron chi connectivity index (χ0n) is 11.9. The molecule has 0 atom stereocenters. The zero-order chi connectivity index (χ0) is 15.7. The molecule has 114 valence electrons. The second-order valence-corrected chi connectivity index (χ2v) is 5.15. The molecular formula is C16H14FNO4. The first-order valence-corrected chi connectivity index (χ1v) is 6.85. The van der Waals surface area contributed by atoms with Crippen molar-refractivity contribution in [2.24, 2.45) is 0 Å². The SMILES string of the molecule is Cc1cc(OC2CN(C(=O)c3ccccc3F)C2)cc(=O)o1. The van der Waals surface area contributed by atoms with Gasteiger partial charge in [0.05, 0.1) is 24.7 Å². The van der Waals surface area contributed by atoms with Gasteiger partial charge in [-0.2, -0.15) is 0 Å². The van der Waals surface area contributed by atoms with Crippen LogP contribution in [-0.2, 0) is 0 Å². The number of hydrogen-bond acceptors (Lipinski definition) is 4. The quantitative estimate of drug-likeness (QED) is 0.870. The molecule has 2 heterocycles. The molecule has 1 amide bonds. The van der Waals surface area contributed by atoms with Crippen molar-refractivity contribution in [1.29, 1.82) is 0 Å². The molecule has 1 aliphatic rings. The number of amides is 1. The summed E-state index contributed by atoms with van der Waals surface area (Å²) in [6.45, 7) is 2.36. The Bertz CT molecular complexity index is 765. The Labute approximate surface area is 125 Å². The van der Waals surface area contributed by atoms with Crippen LogP contribution < -0.4 is 10.4 Å². The predicted molar refractivity (Wildman–Crippen MR) is 76.4 cm³/mol. The van der Waals surface area contributed by atoms with Gasteiger partial charge in [-0.1, -0.05) is 12.1 Å². The topological polar surface area (TPSA) is 59.8 Å². The van der Waals surface area contributed by atoms with E-state index in [1.165, 1.54) is 29.2 Å². The first-order valence-electron chi connectivity index (χ1n) is 6.85. The fourth-order valence-corrected chi connectivity index (χ4v) is 2.32. The van der Waals surface area contributed by atoms with Crippen molar-refractivity contribution in [2.45, 2.75) is 13.0 Å². The van der Waals surface area contributed by atoms with Gasteiger partial charge in [0, 0.05) is 6.07 Å². The third-order valence-electron chi connectivity index (χ3n) is 3.41. The van der Waals surface area contributed by atoms with Gasteiger partial charge in [-0.15, -0.1) is 0 Å². The Morgan fingerprint density at radius 2 is 2.05 bits per heavy atom. The Morgan fingerprint density at radius 1 is 1.32 bits per heavy atom. The van der Waals surface area contributed by atoms with Gasteiger partial charge < -0.3 is 14.1 Å². The lowest BCUT2D eigenvalue weighted by atomic mass is 10.1. The van der Waals surface area contributed by atoms with Crippen molar-refractivity contribution in [1.82, 2.24) is 4.90 Å². The number of carbonyl (C=O) groups is 1. The highest BCUT2D eigenvalue weighted by atomic mass is 19.1. The number of rotatable bonds is 3. The number of hydrogen-bond donors (Lipinski definition) is 0. The predicted octanol–water partition coefficient (Wildman–Crippen LogP) is 1.99. The third kappa shape index (κ3) is 2.86. The Kier molecular flexibility index (Phi) is 3.66. The summed E-state index contributed by atoms with van der Waals surface area (Å²) in [6.07, 6.45) is -0.211. The number of nitrogens with zero attached hydrogens (tertiary/aromatic N) is 1. The highest BCUT2D eigenvalue weighted by Crippen LogP contribution is 2.20. The van der Waals surface area contributed by atoms with E-state index in [1.807, 2.05) is 0 Å². The summed E-state index contributed by atoms with van der Waals surface area (Å²) in [5.41, 5.74) is -0.425. The summed E-state index contributed by atoms with van der Waals surface area (Å²) < 4.78 is 24.0. The molecule has 0 spiro atoms. The first-order chi connectivity index (χ1) is 10.5. The summed E-state index contributed by atoms with van der Waals surface area (Å²) in [4.78, 5) is 24.9. The second-order valence-electron chi connectivity index (χ2n) is 5.15. The molecule has 2 aromatic rings. The minimum atomic E-state index is -0.534. The van der Waals surface area contributed by atoms with Gasteiger partial charge in [0.1, 0.15) is 23.4 Å². The van der Waals surface area contributed by atoms with Crippen molar-refractivity contribution in [3.63, 3.8) is 0 Å². The number of aryl methyl sites for hydroxylation is 1. The number of likely N-dealkylation sites (tertiary alicyclic amines) is 1. The van der Waals surface area contributed by atoms with Crippen LogP contribution in [-0.4, -0.2) is 30.0 Å². The molecule has 3 rings (SSSR count). The van der Waals surface area contributed by atoms with E-state index in [1.54, 1.807) is 19.1 Å². The molecular weight excluding hydrogens is 289 g/mol. The highest BCUT2D eigenvalue weighted by molar-refractivity contribution is 5.95. The molecule has 5 nitrogen and oxygen atoms in total. The number of halogens is 1. The van der Waals surface area contributed by atoms with Gasteiger partial charge in [-0.25, -0.2) is 9.18 Å². The summed E-state index contributed by atoms with van der Waals surface area (Å²) in [5.74, 6) is -0.0206. The fraction of sp³-hybridized carbons (Fsp3) is 0.250. The normalized spacial score (nSPS) is 14.5. The van der Waals surface area contributed by atoms with Crippen LogP contribution >= 0.6 is 0 Å². The van der Waals surface area contributed by atoms with E-state index in [-0.39, 0.29) is 17.6 Å². The van der Waals surface area contributed by atoms with Gasteiger partial charge in [-0.3, -0.25) is 4.79 Å². The molecule has 1 fully saturated rings. The molecule has 1 aromatic heterocycles. The summed E-state index contributed by atoms with van der Waals surface area (Å²) in [6, 6.07) is 8.75. The zero-order valence-corrected chi connectivity index (χ0v) is 11.9. The Balaban J connectivity index is 1.61. The smallest absolute Gasteiger partial charge is 0.339 e. The third-order valence-corrected chi connectivity index (χ3v) is 3.41. The van der Waals surface area contributed by atoms with E-state index in [9.17, 15) is 14.0 Å². The molecule has 6 heteroatoms. The van der Waals surface area contributed by atoms with Crippen molar-refractivity contribution in [2.75, 3.05) is 13.1 Å². The Morgan fingerprint density at radius 3 is 2.73 bits per heavy atom. The van der Waals surface area contributed by atoms with Crippen molar-refractivity contribution < 1.29 is 18.3 Å². The van der Waals surface area contributed by atoms with Crippen molar-refractivity contribution in [3.8, 4) is 5.75 Å².